The Kier molecular flexibility index (Phi) is 5.18. The molecule has 0 saturated carbocycles. The second-order valence-corrected chi connectivity index (χ2v) is 6.71. The number of hydrogen-bond acceptors (Lipinski definition) is 5. The number of methoxy groups -OCH3 is 1. The molecule has 0 spiro atoms. The number of likely N-dealkylation sites (tertiary alicyclic amines) is 1. The van der Waals surface area contributed by atoms with Gasteiger partial charge in [0.15, 0.2) is 0 Å². The van der Waals surface area contributed by atoms with Gasteiger partial charge in [-0.2, -0.15) is 0 Å². The second kappa shape index (κ2) is 8.08. The zero-order valence-corrected chi connectivity index (χ0v) is 15.7. The van der Waals surface area contributed by atoms with Crippen molar-refractivity contribution in [3.8, 4) is 11.4 Å². The average Bonchev–Trinajstić information content (AvgIpc) is 3.29. The first-order valence-electron chi connectivity index (χ1n) is 9.29. The third-order valence-corrected chi connectivity index (χ3v) is 4.97. The highest BCUT2D eigenvalue weighted by Gasteiger charge is 2.28. The normalized spacial score (nSPS) is 16.6. The molecule has 28 heavy (non-hydrogen) atoms. The first kappa shape index (κ1) is 18.0. The number of amides is 2. The van der Waals surface area contributed by atoms with E-state index in [-0.39, 0.29) is 12.1 Å². The average molecular weight is 378 g/mol. The van der Waals surface area contributed by atoms with E-state index in [9.17, 15) is 4.79 Å². The molecule has 1 N–H and O–H groups in total. The van der Waals surface area contributed by atoms with Crippen molar-refractivity contribution in [3.63, 3.8) is 0 Å². The monoisotopic (exact) mass is 378 g/mol. The molecule has 4 rings (SSSR count). The highest BCUT2D eigenvalue weighted by atomic mass is 16.5. The lowest BCUT2D eigenvalue weighted by Crippen LogP contribution is -2.41. The molecule has 0 bridgehead atoms. The summed E-state index contributed by atoms with van der Waals surface area (Å²) in [6, 6.07) is 15.3. The minimum Gasteiger partial charge on any atom is -0.497 e. The number of tetrazole rings is 1. The van der Waals surface area contributed by atoms with E-state index in [1.807, 2.05) is 47.4 Å². The number of hydrogen-bond donors (Lipinski definition) is 1. The van der Waals surface area contributed by atoms with Gasteiger partial charge in [0, 0.05) is 12.2 Å². The van der Waals surface area contributed by atoms with E-state index in [1.165, 1.54) is 6.33 Å². The Morgan fingerprint density at radius 2 is 2.04 bits per heavy atom. The number of piperidine rings is 1. The van der Waals surface area contributed by atoms with Gasteiger partial charge in [0.25, 0.3) is 0 Å². The zero-order chi connectivity index (χ0) is 19.3. The lowest BCUT2D eigenvalue weighted by Gasteiger charge is -2.36. The van der Waals surface area contributed by atoms with Crippen LogP contribution in [0.4, 0.5) is 10.5 Å². The highest BCUT2D eigenvalue weighted by molar-refractivity contribution is 5.89. The summed E-state index contributed by atoms with van der Waals surface area (Å²) in [5.74, 6) is 0.807. The van der Waals surface area contributed by atoms with Gasteiger partial charge in [-0.15, -0.1) is 5.10 Å². The summed E-state index contributed by atoms with van der Waals surface area (Å²) in [5.41, 5.74) is 2.66. The first-order chi connectivity index (χ1) is 13.7. The van der Waals surface area contributed by atoms with Crippen molar-refractivity contribution >= 4 is 11.7 Å². The fourth-order valence-electron chi connectivity index (χ4n) is 3.54. The molecule has 3 aromatic rings. The molecule has 8 heteroatoms. The Morgan fingerprint density at radius 3 is 2.79 bits per heavy atom. The van der Waals surface area contributed by atoms with Gasteiger partial charge < -0.3 is 15.0 Å². The largest absolute Gasteiger partial charge is 0.497 e. The van der Waals surface area contributed by atoms with E-state index >= 15 is 0 Å². The number of aromatic nitrogens is 4. The number of urea groups is 1. The molecule has 0 aliphatic carbocycles. The summed E-state index contributed by atoms with van der Waals surface area (Å²) in [6.07, 6.45) is 4.58. The smallest absolute Gasteiger partial charge is 0.322 e. The molecular formula is C20H22N6O2. The van der Waals surface area contributed by atoms with E-state index in [2.05, 4.69) is 26.9 Å². The van der Waals surface area contributed by atoms with Gasteiger partial charge in [-0.1, -0.05) is 12.1 Å². The Morgan fingerprint density at radius 1 is 1.18 bits per heavy atom. The van der Waals surface area contributed by atoms with Crippen molar-refractivity contribution in [1.29, 1.82) is 0 Å². The van der Waals surface area contributed by atoms with Crippen LogP contribution in [0.2, 0.25) is 0 Å². The van der Waals surface area contributed by atoms with Crippen LogP contribution in [0.5, 0.6) is 5.75 Å². The zero-order valence-electron chi connectivity index (χ0n) is 15.7. The summed E-state index contributed by atoms with van der Waals surface area (Å²) in [4.78, 5) is 14.9. The molecule has 2 heterocycles. The van der Waals surface area contributed by atoms with Crippen molar-refractivity contribution in [2.24, 2.45) is 0 Å². The fraction of sp³-hybridized carbons (Fsp3) is 0.300. The minimum absolute atomic E-state index is 0.0457. The van der Waals surface area contributed by atoms with Gasteiger partial charge in [0.05, 0.1) is 18.8 Å². The van der Waals surface area contributed by atoms with E-state index < -0.39 is 0 Å². The standard InChI is InChI=1S/C20H22N6O2/c1-28-18-6-4-5-15(13-18)19-7-2-3-12-25(19)20(27)22-16-8-10-17(11-9-16)26-14-21-23-24-26/h4-6,8-11,13-14,19H,2-3,7,12H2,1H3,(H,22,27). The maximum atomic E-state index is 13.0. The molecular weight excluding hydrogens is 356 g/mol. The van der Waals surface area contributed by atoms with Gasteiger partial charge >= 0.3 is 6.03 Å². The molecule has 1 fully saturated rings. The molecule has 1 saturated heterocycles. The quantitative estimate of drug-likeness (QED) is 0.752. The predicted molar refractivity (Wildman–Crippen MR) is 104 cm³/mol. The van der Waals surface area contributed by atoms with Crippen LogP contribution in [-0.2, 0) is 0 Å². The first-order valence-corrected chi connectivity index (χ1v) is 9.29. The van der Waals surface area contributed by atoms with E-state index in [1.54, 1.807) is 11.8 Å². The summed E-state index contributed by atoms with van der Waals surface area (Å²) >= 11 is 0. The number of nitrogens with one attached hydrogen (secondary N) is 1. The van der Waals surface area contributed by atoms with Crippen LogP contribution in [-0.4, -0.2) is 44.8 Å². The van der Waals surface area contributed by atoms with Crippen molar-refractivity contribution in [3.05, 3.63) is 60.4 Å². The summed E-state index contributed by atoms with van der Waals surface area (Å²) in [7, 11) is 1.66. The van der Waals surface area contributed by atoms with Crippen molar-refractivity contribution < 1.29 is 9.53 Å². The van der Waals surface area contributed by atoms with E-state index in [0.29, 0.717) is 0 Å². The Labute approximate surface area is 163 Å². The van der Waals surface area contributed by atoms with Crippen LogP contribution in [0, 0.1) is 0 Å². The summed E-state index contributed by atoms with van der Waals surface area (Å²) in [6.45, 7) is 0.733. The number of rotatable bonds is 4. The lowest BCUT2D eigenvalue weighted by molar-refractivity contribution is 0.163. The maximum Gasteiger partial charge on any atom is 0.322 e. The van der Waals surface area contributed by atoms with Crippen molar-refractivity contribution in [2.45, 2.75) is 25.3 Å². The maximum absolute atomic E-state index is 13.0. The molecule has 1 aromatic heterocycles. The SMILES string of the molecule is COc1cccc(C2CCCCN2C(=O)Nc2ccc(-n3cnnn3)cc2)c1. The van der Waals surface area contributed by atoms with Crippen molar-refractivity contribution in [1.82, 2.24) is 25.1 Å². The van der Waals surface area contributed by atoms with Crippen molar-refractivity contribution in [2.75, 3.05) is 19.0 Å². The van der Waals surface area contributed by atoms with Gasteiger partial charge in [-0.25, -0.2) is 9.48 Å². The summed E-state index contributed by atoms with van der Waals surface area (Å²) in [5, 5.41) is 14.1. The van der Waals surface area contributed by atoms with Crippen LogP contribution in [0.3, 0.4) is 0 Å². The third kappa shape index (κ3) is 3.80. The molecule has 144 valence electrons. The number of benzene rings is 2. The molecule has 1 aliphatic rings. The Bertz CT molecular complexity index is 926. The molecule has 2 amide bonds. The Balaban J connectivity index is 1.49. The number of carbonyl (C=O) groups is 1. The third-order valence-electron chi connectivity index (χ3n) is 4.97. The van der Waals surface area contributed by atoms with Gasteiger partial charge in [-0.3, -0.25) is 0 Å². The second-order valence-electron chi connectivity index (χ2n) is 6.71. The molecule has 1 atom stereocenters. The van der Waals surface area contributed by atoms with Gasteiger partial charge in [0.1, 0.15) is 12.1 Å². The summed E-state index contributed by atoms with van der Waals surface area (Å²) < 4.78 is 6.91. The van der Waals surface area contributed by atoms with E-state index in [4.69, 9.17) is 4.74 Å². The van der Waals surface area contributed by atoms with Crippen LogP contribution >= 0.6 is 0 Å². The van der Waals surface area contributed by atoms with Crippen LogP contribution < -0.4 is 10.1 Å². The van der Waals surface area contributed by atoms with Crippen LogP contribution in [0.15, 0.2) is 54.9 Å². The predicted octanol–water partition coefficient (Wildman–Crippen LogP) is 3.43. The van der Waals surface area contributed by atoms with Crippen LogP contribution in [0.1, 0.15) is 30.9 Å². The molecule has 2 aromatic carbocycles. The lowest BCUT2D eigenvalue weighted by atomic mass is 9.95. The molecule has 1 aliphatic heterocycles. The van der Waals surface area contributed by atoms with Crippen LogP contribution in [0.25, 0.3) is 5.69 Å². The number of nitrogens with zero attached hydrogens (tertiary/aromatic N) is 5. The number of ether oxygens (including phenoxy) is 1. The van der Waals surface area contributed by atoms with E-state index in [0.717, 1.165) is 48.5 Å². The molecule has 1 unspecified atom stereocenters. The number of anilines is 1. The molecule has 8 nitrogen and oxygen atoms in total. The van der Waals surface area contributed by atoms with Gasteiger partial charge in [-0.05, 0) is 71.7 Å². The number of carbonyl (C=O) groups excluding carboxylic acids is 1. The highest BCUT2D eigenvalue weighted by Crippen LogP contribution is 2.33. The fourth-order valence-corrected chi connectivity index (χ4v) is 3.54. The minimum atomic E-state index is -0.0947. The van der Waals surface area contributed by atoms with Gasteiger partial charge in [0.2, 0.25) is 0 Å². The molecule has 0 radical (unpaired) electrons. The Hall–Kier alpha value is -3.42. The topological polar surface area (TPSA) is 85.2 Å².